The van der Waals surface area contributed by atoms with Crippen molar-refractivity contribution in [1.29, 1.82) is 5.26 Å². The van der Waals surface area contributed by atoms with Crippen LogP contribution >= 0.6 is 0 Å². The molecule has 2 aromatic rings. The average Bonchev–Trinajstić information content (AvgIpc) is 2.60. The molecule has 17 heavy (non-hydrogen) atoms. The molecule has 1 aromatic carbocycles. The number of rotatable bonds is 1. The van der Waals surface area contributed by atoms with Gasteiger partial charge in [0.25, 0.3) is 0 Å². The van der Waals surface area contributed by atoms with Crippen LogP contribution < -0.4 is 5.69 Å². The quantitative estimate of drug-likeness (QED) is 0.803. The SMILES string of the molecule is Cc1nn(-c2cc(F)c(C#N)cc2F)c(=O)[nH]1. The molecule has 2 rings (SSSR count). The summed E-state index contributed by atoms with van der Waals surface area (Å²) in [7, 11) is 0. The summed E-state index contributed by atoms with van der Waals surface area (Å²) < 4.78 is 27.6. The molecule has 0 saturated heterocycles. The van der Waals surface area contributed by atoms with Gasteiger partial charge < -0.3 is 0 Å². The monoisotopic (exact) mass is 236 g/mol. The zero-order valence-electron chi connectivity index (χ0n) is 8.66. The van der Waals surface area contributed by atoms with E-state index in [4.69, 9.17) is 5.26 Å². The Labute approximate surface area is 93.9 Å². The highest BCUT2D eigenvalue weighted by molar-refractivity contribution is 5.41. The lowest BCUT2D eigenvalue weighted by molar-refractivity contribution is 0.581. The molecule has 1 N–H and O–H groups in total. The molecule has 0 amide bonds. The summed E-state index contributed by atoms with van der Waals surface area (Å²) >= 11 is 0. The van der Waals surface area contributed by atoms with Gasteiger partial charge in [0.05, 0.1) is 5.56 Å². The van der Waals surface area contributed by atoms with E-state index in [-0.39, 0.29) is 11.5 Å². The highest BCUT2D eigenvalue weighted by Crippen LogP contribution is 2.16. The molecule has 0 atom stereocenters. The Morgan fingerprint density at radius 1 is 1.41 bits per heavy atom. The lowest BCUT2D eigenvalue weighted by atomic mass is 10.2. The van der Waals surface area contributed by atoms with Gasteiger partial charge in [0, 0.05) is 6.07 Å². The Bertz CT molecular complexity index is 681. The van der Waals surface area contributed by atoms with E-state index >= 15 is 0 Å². The van der Waals surface area contributed by atoms with Crippen LogP contribution in [-0.4, -0.2) is 14.8 Å². The maximum atomic E-state index is 13.6. The molecule has 0 unspecified atom stereocenters. The third kappa shape index (κ3) is 1.80. The fourth-order valence-electron chi connectivity index (χ4n) is 1.38. The third-order valence-electron chi connectivity index (χ3n) is 2.12. The number of nitrogens with one attached hydrogen (secondary N) is 1. The molecule has 5 nitrogen and oxygen atoms in total. The van der Waals surface area contributed by atoms with Gasteiger partial charge in [0.15, 0.2) is 5.82 Å². The molecule has 0 radical (unpaired) electrons. The van der Waals surface area contributed by atoms with Crippen molar-refractivity contribution in [3.63, 3.8) is 0 Å². The van der Waals surface area contributed by atoms with Gasteiger partial charge in [-0.15, -0.1) is 0 Å². The van der Waals surface area contributed by atoms with Crippen LogP contribution in [0.3, 0.4) is 0 Å². The Kier molecular flexibility index (Phi) is 2.48. The summed E-state index contributed by atoms with van der Waals surface area (Å²) in [4.78, 5) is 13.7. The summed E-state index contributed by atoms with van der Waals surface area (Å²) in [5.41, 5.74) is -1.44. The maximum Gasteiger partial charge on any atom is 0.348 e. The molecule has 0 bridgehead atoms. The van der Waals surface area contributed by atoms with Crippen LogP contribution in [-0.2, 0) is 0 Å². The topological polar surface area (TPSA) is 74.5 Å². The predicted octanol–water partition coefficient (Wildman–Crippen LogP) is 1.02. The molecule has 7 heteroatoms. The summed E-state index contributed by atoms with van der Waals surface area (Å²) in [6.07, 6.45) is 0. The number of halogens is 2. The van der Waals surface area contributed by atoms with Crippen molar-refractivity contribution >= 4 is 0 Å². The average molecular weight is 236 g/mol. The van der Waals surface area contributed by atoms with Crippen molar-refractivity contribution in [3.05, 3.63) is 45.6 Å². The van der Waals surface area contributed by atoms with Gasteiger partial charge >= 0.3 is 5.69 Å². The first-order valence-electron chi connectivity index (χ1n) is 4.58. The number of nitrogens with zero attached hydrogens (tertiary/aromatic N) is 3. The van der Waals surface area contributed by atoms with Crippen LogP contribution in [0.2, 0.25) is 0 Å². The predicted molar refractivity (Wildman–Crippen MR) is 53.6 cm³/mol. The van der Waals surface area contributed by atoms with E-state index in [1.807, 2.05) is 0 Å². The van der Waals surface area contributed by atoms with Crippen molar-refractivity contribution < 1.29 is 8.78 Å². The van der Waals surface area contributed by atoms with Crippen LogP contribution in [0.15, 0.2) is 16.9 Å². The van der Waals surface area contributed by atoms with Crippen molar-refractivity contribution in [3.8, 4) is 11.8 Å². The fourth-order valence-corrected chi connectivity index (χ4v) is 1.38. The number of aryl methyl sites for hydroxylation is 1. The molecule has 86 valence electrons. The number of benzene rings is 1. The summed E-state index contributed by atoms with van der Waals surface area (Å²) in [6.45, 7) is 1.51. The molecule has 0 spiro atoms. The number of hydrogen-bond donors (Lipinski definition) is 1. The van der Waals surface area contributed by atoms with Crippen LogP contribution in [0.1, 0.15) is 11.4 Å². The van der Waals surface area contributed by atoms with E-state index in [0.29, 0.717) is 4.68 Å². The highest BCUT2D eigenvalue weighted by atomic mass is 19.1. The largest absolute Gasteiger partial charge is 0.348 e. The van der Waals surface area contributed by atoms with E-state index in [2.05, 4.69) is 10.1 Å². The maximum absolute atomic E-state index is 13.6. The van der Waals surface area contributed by atoms with Gasteiger partial charge in [0.1, 0.15) is 23.4 Å². The van der Waals surface area contributed by atoms with Crippen LogP contribution in [0, 0.1) is 29.9 Å². The zero-order valence-corrected chi connectivity index (χ0v) is 8.66. The highest BCUT2D eigenvalue weighted by Gasteiger charge is 2.14. The number of H-pyrrole nitrogens is 1. The van der Waals surface area contributed by atoms with Gasteiger partial charge in [-0.2, -0.15) is 15.0 Å². The van der Waals surface area contributed by atoms with Crippen LogP contribution in [0.5, 0.6) is 0 Å². The van der Waals surface area contributed by atoms with Gasteiger partial charge in [0.2, 0.25) is 0 Å². The van der Waals surface area contributed by atoms with E-state index < -0.39 is 22.9 Å². The molecule has 1 heterocycles. The standard InChI is InChI=1S/C10H6F2N4O/c1-5-14-10(17)16(15-5)9-3-7(11)6(4-13)2-8(9)12/h2-3H,1H3,(H,14,15,17). The van der Waals surface area contributed by atoms with Gasteiger partial charge in [-0.1, -0.05) is 0 Å². The molecule has 0 aliphatic rings. The Hall–Kier alpha value is -2.49. The third-order valence-corrected chi connectivity index (χ3v) is 2.12. The Balaban J connectivity index is 2.70. The van der Waals surface area contributed by atoms with Gasteiger partial charge in [-0.05, 0) is 13.0 Å². The summed E-state index contributed by atoms with van der Waals surface area (Å²) in [6, 6.07) is 2.99. The first kappa shape index (κ1) is 11.0. The first-order valence-corrected chi connectivity index (χ1v) is 4.58. The summed E-state index contributed by atoms with van der Waals surface area (Å²) in [5, 5.41) is 12.2. The minimum atomic E-state index is -0.906. The van der Waals surface area contributed by atoms with E-state index in [0.717, 1.165) is 12.1 Å². The zero-order chi connectivity index (χ0) is 12.6. The number of aromatic nitrogens is 3. The Morgan fingerprint density at radius 2 is 2.12 bits per heavy atom. The molecule has 0 aliphatic carbocycles. The number of aromatic amines is 1. The normalized spacial score (nSPS) is 10.2. The summed E-state index contributed by atoms with van der Waals surface area (Å²) in [5.74, 6) is -1.52. The minimum absolute atomic E-state index is 0.277. The van der Waals surface area contributed by atoms with Crippen molar-refractivity contribution in [2.45, 2.75) is 6.92 Å². The second-order valence-electron chi connectivity index (χ2n) is 3.32. The van der Waals surface area contributed by atoms with Crippen LogP contribution in [0.25, 0.3) is 5.69 Å². The molecule has 0 saturated carbocycles. The van der Waals surface area contributed by atoms with E-state index in [1.165, 1.54) is 13.0 Å². The first-order chi connectivity index (χ1) is 8.02. The van der Waals surface area contributed by atoms with Gasteiger partial charge in [-0.25, -0.2) is 13.6 Å². The van der Waals surface area contributed by atoms with Crippen molar-refractivity contribution in [2.75, 3.05) is 0 Å². The van der Waals surface area contributed by atoms with E-state index in [1.54, 1.807) is 0 Å². The lowest BCUT2D eigenvalue weighted by Crippen LogP contribution is -2.17. The van der Waals surface area contributed by atoms with Crippen molar-refractivity contribution in [2.24, 2.45) is 0 Å². The fraction of sp³-hybridized carbons (Fsp3) is 0.100. The second-order valence-corrected chi connectivity index (χ2v) is 3.32. The van der Waals surface area contributed by atoms with Gasteiger partial charge in [-0.3, -0.25) is 4.98 Å². The smallest absolute Gasteiger partial charge is 0.293 e. The number of hydrogen-bond acceptors (Lipinski definition) is 3. The molecule has 1 aromatic heterocycles. The molecule has 0 aliphatic heterocycles. The molecular formula is C10H6F2N4O. The second kappa shape index (κ2) is 3.83. The lowest BCUT2D eigenvalue weighted by Gasteiger charge is -2.02. The molecule has 0 fully saturated rings. The van der Waals surface area contributed by atoms with Crippen molar-refractivity contribution in [1.82, 2.24) is 14.8 Å². The molecular weight excluding hydrogens is 230 g/mol. The van der Waals surface area contributed by atoms with Crippen LogP contribution in [0.4, 0.5) is 8.78 Å². The van der Waals surface area contributed by atoms with E-state index in [9.17, 15) is 13.6 Å². The Morgan fingerprint density at radius 3 is 2.65 bits per heavy atom. The minimum Gasteiger partial charge on any atom is -0.293 e. The number of nitriles is 1.